The number of hydrogen-bond donors (Lipinski definition) is 2. The van der Waals surface area contributed by atoms with Crippen LogP contribution in [-0.2, 0) is 14.1 Å². The van der Waals surface area contributed by atoms with Gasteiger partial charge in [-0.3, -0.25) is 0 Å². The predicted octanol–water partition coefficient (Wildman–Crippen LogP) is 1.11. The summed E-state index contributed by atoms with van der Waals surface area (Å²) in [5, 5.41) is 19.5. The molecule has 0 aliphatic rings. The molecule has 22 heavy (non-hydrogen) atoms. The average Bonchev–Trinajstić information content (AvgIpc) is 2.49. The van der Waals surface area contributed by atoms with E-state index in [1.165, 1.54) is 23.8 Å². The maximum atomic E-state index is 12.0. The maximum Gasteiger partial charge on any atom is 0.498 e. The molecule has 0 atom stereocenters. The fraction of sp³-hybridized carbons (Fsp3) is 0.250. The molecule has 0 aliphatic carbocycles. The standard InChI is InChI=1S/C16H18N2O4/c1-10-7-12(18(3)16(21)17(10)2)6-5-11-8-15(22-4)14(20)9-13(11)19/h5-9H,1-4H3,(H,19,20)/p+1. The van der Waals surface area contributed by atoms with Gasteiger partial charge in [-0.1, -0.05) is 0 Å². The van der Waals surface area contributed by atoms with Gasteiger partial charge in [-0.15, -0.1) is 0 Å². The second-order valence-electron chi connectivity index (χ2n) is 5.03. The third-order valence-corrected chi connectivity index (χ3v) is 3.61. The van der Waals surface area contributed by atoms with Gasteiger partial charge in [-0.05, 0) is 25.1 Å². The third kappa shape index (κ3) is 2.81. The molecule has 0 saturated heterocycles. The Bertz CT molecular complexity index is 807. The number of aromatic nitrogens is 2. The zero-order valence-electron chi connectivity index (χ0n) is 13.0. The Morgan fingerprint density at radius 1 is 1.18 bits per heavy atom. The van der Waals surface area contributed by atoms with Crippen LogP contribution in [0.1, 0.15) is 17.0 Å². The van der Waals surface area contributed by atoms with Crippen molar-refractivity contribution in [2.75, 3.05) is 7.11 Å². The van der Waals surface area contributed by atoms with Crippen LogP contribution in [0, 0.1) is 6.92 Å². The van der Waals surface area contributed by atoms with Gasteiger partial charge in [0.1, 0.15) is 17.1 Å². The van der Waals surface area contributed by atoms with Crippen LogP contribution in [0.4, 0.5) is 0 Å². The highest BCUT2D eigenvalue weighted by Crippen LogP contribution is 2.33. The van der Waals surface area contributed by atoms with E-state index in [1.54, 1.807) is 30.8 Å². The van der Waals surface area contributed by atoms with Crippen molar-refractivity contribution in [1.82, 2.24) is 4.57 Å². The van der Waals surface area contributed by atoms with Crippen LogP contribution in [0.25, 0.3) is 12.2 Å². The van der Waals surface area contributed by atoms with Crippen LogP contribution in [0.15, 0.2) is 23.0 Å². The highest BCUT2D eigenvalue weighted by Gasteiger charge is 2.12. The molecular weight excluding hydrogens is 284 g/mol. The molecule has 0 unspecified atom stereocenters. The summed E-state index contributed by atoms with van der Waals surface area (Å²) in [6.07, 6.45) is 3.38. The number of benzene rings is 1. The van der Waals surface area contributed by atoms with Crippen molar-refractivity contribution in [2.24, 2.45) is 14.1 Å². The highest BCUT2D eigenvalue weighted by atomic mass is 16.5. The van der Waals surface area contributed by atoms with Crippen molar-refractivity contribution in [3.05, 3.63) is 45.6 Å². The summed E-state index contributed by atoms with van der Waals surface area (Å²) in [4.78, 5) is 12.0. The van der Waals surface area contributed by atoms with Crippen LogP contribution in [0.3, 0.4) is 0 Å². The normalized spacial score (nSPS) is 11.1. The molecule has 2 aromatic rings. The van der Waals surface area contributed by atoms with Gasteiger partial charge < -0.3 is 14.9 Å². The lowest BCUT2D eigenvalue weighted by Gasteiger charge is -2.06. The average molecular weight is 303 g/mol. The number of ether oxygens (including phenoxy) is 1. The molecule has 6 nitrogen and oxygen atoms in total. The lowest BCUT2D eigenvalue weighted by Crippen LogP contribution is -2.53. The summed E-state index contributed by atoms with van der Waals surface area (Å²) >= 11 is 0. The van der Waals surface area contributed by atoms with Crippen LogP contribution in [0.5, 0.6) is 17.2 Å². The van der Waals surface area contributed by atoms with Gasteiger partial charge >= 0.3 is 5.69 Å². The molecule has 1 heterocycles. The summed E-state index contributed by atoms with van der Waals surface area (Å²) in [6.45, 7) is 1.85. The van der Waals surface area contributed by atoms with Crippen molar-refractivity contribution in [2.45, 2.75) is 6.92 Å². The van der Waals surface area contributed by atoms with Gasteiger partial charge in [0.2, 0.25) is 0 Å². The minimum Gasteiger partial charge on any atom is -0.507 e. The molecule has 0 amide bonds. The molecule has 0 spiro atoms. The summed E-state index contributed by atoms with van der Waals surface area (Å²) in [6, 6.07) is 4.61. The van der Waals surface area contributed by atoms with Crippen molar-refractivity contribution in [3.63, 3.8) is 0 Å². The van der Waals surface area contributed by atoms with Crippen molar-refractivity contribution in [3.8, 4) is 17.2 Å². The van der Waals surface area contributed by atoms with Crippen LogP contribution < -0.4 is 15.0 Å². The number of nitrogens with zero attached hydrogens (tertiary/aromatic N) is 2. The Morgan fingerprint density at radius 3 is 2.50 bits per heavy atom. The lowest BCUT2D eigenvalue weighted by molar-refractivity contribution is -0.692. The maximum absolute atomic E-state index is 12.0. The molecule has 0 saturated carbocycles. The third-order valence-electron chi connectivity index (χ3n) is 3.61. The van der Waals surface area contributed by atoms with Crippen LogP contribution in [-0.4, -0.2) is 21.9 Å². The summed E-state index contributed by atoms with van der Waals surface area (Å²) in [7, 11) is 4.82. The first kappa shape index (κ1) is 15.6. The Hall–Kier alpha value is -2.76. The highest BCUT2D eigenvalue weighted by molar-refractivity contribution is 5.72. The number of rotatable bonds is 3. The second-order valence-corrected chi connectivity index (χ2v) is 5.03. The van der Waals surface area contributed by atoms with Crippen molar-refractivity contribution < 1.29 is 19.5 Å². The first-order valence-corrected chi connectivity index (χ1v) is 6.70. The minimum atomic E-state index is -0.132. The monoisotopic (exact) mass is 303 g/mol. The van der Waals surface area contributed by atoms with Crippen molar-refractivity contribution in [1.29, 1.82) is 0 Å². The molecular formula is C16H19N2O4+. The number of phenols is 2. The molecule has 1 aromatic heterocycles. The van der Waals surface area contributed by atoms with E-state index < -0.39 is 0 Å². The molecule has 6 heteroatoms. The molecule has 1 aromatic carbocycles. The quantitative estimate of drug-likeness (QED) is 0.833. The van der Waals surface area contributed by atoms with E-state index in [-0.39, 0.29) is 22.9 Å². The number of phenolic OH excluding ortho intramolecular Hbond substituents is 2. The van der Waals surface area contributed by atoms with E-state index >= 15 is 0 Å². The topological polar surface area (TPSA) is 75.6 Å². The molecule has 0 fully saturated rings. The summed E-state index contributed by atoms with van der Waals surface area (Å²) in [5.41, 5.74) is 1.88. The van der Waals surface area contributed by atoms with Gasteiger partial charge in [0.25, 0.3) is 0 Å². The van der Waals surface area contributed by atoms with Crippen LogP contribution >= 0.6 is 0 Å². The van der Waals surface area contributed by atoms with E-state index in [1.807, 2.05) is 13.0 Å². The molecule has 116 valence electrons. The number of aryl methyl sites for hydroxylation is 1. The van der Waals surface area contributed by atoms with Gasteiger partial charge in [0, 0.05) is 17.7 Å². The fourth-order valence-corrected chi connectivity index (χ4v) is 2.10. The van der Waals surface area contributed by atoms with E-state index in [4.69, 9.17) is 4.74 Å². The van der Waals surface area contributed by atoms with E-state index in [0.717, 1.165) is 5.69 Å². The lowest BCUT2D eigenvalue weighted by atomic mass is 10.1. The molecule has 2 N–H and O–H groups in total. The Kier molecular flexibility index (Phi) is 4.21. The largest absolute Gasteiger partial charge is 0.507 e. The van der Waals surface area contributed by atoms with E-state index in [0.29, 0.717) is 11.3 Å². The number of hydrogen-bond acceptors (Lipinski definition) is 4. The zero-order valence-corrected chi connectivity index (χ0v) is 13.0. The SMILES string of the molecule is COc1cc(C=Cc2cc(C)n(C)c(=O)[n+]2C)c(O)cc1O. The first-order chi connectivity index (χ1) is 10.3. The molecule has 0 bridgehead atoms. The minimum absolute atomic E-state index is 0.0715. The number of methoxy groups -OCH3 is 1. The van der Waals surface area contributed by atoms with Gasteiger partial charge in [0.15, 0.2) is 11.5 Å². The Balaban J connectivity index is 2.48. The van der Waals surface area contributed by atoms with Crippen LogP contribution in [0.2, 0.25) is 0 Å². The smallest absolute Gasteiger partial charge is 0.498 e. The first-order valence-electron chi connectivity index (χ1n) is 6.70. The zero-order chi connectivity index (χ0) is 16.4. The Labute approximate surface area is 128 Å². The van der Waals surface area contributed by atoms with E-state index in [2.05, 4.69) is 0 Å². The van der Waals surface area contributed by atoms with E-state index in [9.17, 15) is 15.0 Å². The second kappa shape index (κ2) is 5.93. The van der Waals surface area contributed by atoms with Gasteiger partial charge in [0.05, 0.1) is 21.2 Å². The van der Waals surface area contributed by atoms with Gasteiger partial charge in [-0.25, -0.2) is 0 Å². The Morgan fingerprint density at radius 2 is 1.86 bits per heavy atom. The summed E-state index contributed by atoms with van der Waals surface area (Å²) < 4.78 is 8.08. The molecule has 0 aliphatic heterocycles. The summed E-state index contributed by atoms with van der Waals surface area (Å²) in [5.74, 6) is 0.0619. The fourth-order valence-electron chi connectivity index (χ4n) is 2.10. The van der Waals surface area contributed by atoms with Gasteiger partial charge in [-0.2, -0.15) is 13.9 Å². The molecule has 0 radical (unpaired) electrons. The number of aromatic hydroxyl groups is 2. The molecule has 2 rings (SSSR count). The predicted molar refractivity (Wildman–Crippen MR) is 82.8 cm³/mol. The van der Waals surface area contributed by atoms with Crippen molar-refractivity contribution >= 4 is 12.2 Å².